The maximum Gasteiger partial charge on any atom is 0.323 e. The molecule has 3 aromatic rings. The number of urea groups is 1. The molecule has 0 atom stereocenters. The SMILES string of the molecule is CCCCCN1CCC(c2csc3ccc(NC(=O)Nc4cccc(C(=O)CC)c4)cc23)CC1. The summed E-state index contributed by atoms with van der Waals surface area (Å²) in [5, 5.41) is 9.37. The van der Waals surface area contributed by atoms with E-state index in [-0.39, 0.29) is 11.8 Å². The largest absolute Gasteiger partial charge is 0.323 e. The molecule has 0 radical (unpaired) electrons. The van der Waals surface area contributed by atoms with Crippen molar-refractivity contribution in [3.05, 3.63) is 59.0 Å². The van der Waals surface area contributed by atoms with Gasteiger partial charge in [-0.3, -0.25) is 4.79 Å². The Kier molecular flexibility index (Phi) is 8.35. The number of hydrogen-bond donors (Lipinski definition) is 2. The summed E-state index contributed by atoms with van der Waals surface area (Å²) in [7, 11) is 0. The molecular weight excluding hydrogens is 442 g/mol. The van der Waals surface area contributed by atoms with Crippen molar-refractivity contribution < 1.29 is 9.59 Å². The predicted octanol–water partition coefficient (Wildman–Crippen LogP) is 7.51. The summed E-state index contributed by atoms with van der Waals surface area (Å²) in [6.07, 6.45) is 6.73. The van der Waals surface area contributed by atoms with E-state index in [0.717, 1.165) is 5.69 Å². The molecule has 1 aliphatic heterocycles. The number of thiophene rings is 1. The summed E-state index contributed by atoms with van der Waals surface area (Å²) in [5.41, 5.74) is 3.42. The molecule has 1 aromatic heterocycles. The molecule has 180 valence electrons. The summed E-state index contributed by atoms with van der Waals surface area (Å²) >= 11 is 1.79. The van der Waals surface area contributed by atoms with Crippen LogP contribution in [0.1, 0.15) is 74.2 Å². The lowest BCUT2D eigenvalue weighted by Crippen LogP contribution is -2.33. The number of ketones is 1. The van der Waals surface area contributed by atoms with E-state index in [4.69, 9.17) is 0 Å². The van der Waals surface area contributed by atoms with Gasteiger partial charge in [-0.2, -0.15) is 0 Å². The summed E-state index contributed by atoms with van der Waals surface area (Å²) in [6, 6.07) is 12.9. The molecule has 4 rings (SSSR count). The Balaban J connectivity index is 1.40. The molecule has 34 heavy (non-hydrogen) atoms. The molecule has 2 aromatic carbocycles. The van der Waals surface area contributed by atoms with Crippen LogP contribution in [0.3, 0.4) is 0 Å². The summed E-state index contributed by atoms with van der Waals surface area (Å²) < 4.78 is 1.26. The van der Waals surface area contributed by atoms with Crippen LogP contribution in [0.4, 0.5) is 16.2 Å². The van der Waals surface area contributed by atoms with E-state index in [1.807, 2.05) is 13.0 Å². The zero-order valence-corrected chi connectivity index (χ0v) is 21.0. The van der Waals surface area contributed by atoms with Gasteiger partial charge in [0.1, 0.15) is 0 Å². The van der Waals surface area contributed by atoms with Crippen LogP contribution in [0.2, 0.25) is 0 Å². The summed E-state index contributed by atoms with van der Waals surface area (Å²) in [6.45, 7) is 7.66. The first-order valence-electron chi connectivity index (χ1n) is 12.5. The number of Topliss-reactive ketones (excluding diaryl/α,β-unsaturated/α-hetero) is 1. The van der Waals surface area contributed by atoms with Crippen LogP contribution < -0.4 is 10.6 Å². The highest BCUT2D eigenvalue weighted by Gasteiger charge is 2.22. The smallest absolute Gasteiger partial charge is 0.308 e. The Labute approximate surface area is 206 Å². The average Bonchev–Trinajstić information content (AvgIpc) is 3.27. The standard InChI is InChI=1S/C28H35N3O2S/c1-3-5-6-14-31-15-12-20(13-16-31)25-19-34-27-11-10-23(18-24(25)27)30-28(33)29-22-9-7-8-21(17-22)26(32)4-2/h7-11,17-20H,3-6,12-16H2,1-2H3,(H2,29,30,33). The van der Waals surface area contributed by atoms with Gasteiger partial charge < -0.3 is 15.5 Å². The third-order valence-electron chi connectivity index (χ3n) is 6.73. The monoisotopic (exact) mass is 477 g/mol. The number of fused-ring (bicyclic) bond motifs is 1. The minimum Gasteiger partial charge on any atom is -0.308 e. The number of rotatable bonds is 9. The first-order valence-corrected chi connectivity index (χ1v) is 13.4. The summed E-state index contributed by atoms with van der Waals surface area (Å²) in [4.78, 5) is 27.2. The van der Waals surface area contributed by atoms with E-state index in [2.05, 4.69) is 40.0 Å². The fourth-order valence-electron chi connectivity index (χ4n) is 4.76. The van der Waals surface area contributed by atoms with Crippen molar-refractivity contribution in [1.29, 1.82) is 0 Å². The average molecular weight is 478 g/mol. The second kappa shape index (κ2) is 11.6. The van der Waals surface area contributed by atoms with Crippen molar-refractivity contribution in [2.45, 2.75) is 58.3 Å². The second-order valence-electron chi connectivity index (χ2n) is 9.16. The molecule has 5 nitrogen and oxygen atoms in total. The van der Waals surface area contributed by atoms with Crippen molar-refractivity contribution in [3.8, 4) is 0 Å². The number of benzene rings is 2. The molecule has 1 aliphatic rings. The topological polar surface area (TPSA) is 61.4 Å². The van der Waals surface area contributed by atoms with Crippen molar-refractivity contribution in [1.82, 2.24) is 4.90 Å². The van der Waals surface area contributed by atoms with Gasteiger partial charge in [-0.05, 0) is 91.5 Å². The quantitative estimate of drug-likeness (QED) is 0.248. The highest BCUT2D eigenvalue weighted by Crippen LogP contribution is 2.38. The Morgan fingerprint density at radius 3 is 2.50 bits per heavy atom. The minimum absolute atomic E-state index is 0.0614. The predicted molar refractivity (Wildman–Crippen MR) is 143 cm³/mol. The molecule has 0 bridgehead atoms. The fourth-order valence-corrected chi connectivity index (χ4v) is 5.79. The molecule has 2 amide bonds. The van der Waals surface area contributed by atoms with Gasteiger partial charge in [-0.15, -0.1) is 11.3 Å². The minimum atomic E-state index is -0.308. The molecule has 1 fully saturated rings. The number of nitrogens with one attached hydrogen (secondary N) is 2. The van der Waals surface area contributed by atoms with Crippen LogP contribution in [-0.4, -0.2) is 36.3 Å². The number of piperidine rings is 1. The summed E-state index contributed by atoms with van der Waals surface area (Å²) in [5.74, 6) is 0.644. The highest BCUT2D eigenvalue weighted by molar-refractivity contribution is 7.17. The lowest BCUT2D eigenvalue weighted by Gasteiger charge is -2.32. The molecule has 0 aliphatic carbocycles. The zero-order chi connectivity index (χ0) is 23.9. The first kappa shape index (κ1) is 24.4. The van der Waals surface area contributed by atoms with E-state index in [1.54, 1.807) is 35.6 Å². The van der Waals surface area contributed by atoms with Gasteiger partial charge in [0.25, 0.3) is 0 Å². The maximum atomic E-state index is 12.6. The van der Waals surface area contributed by atoms with E-state index >= 15 is 0 Å². The first-order chi connectivity index (χ1) is 16.6. The number of anilines is 2. The Hall–Kier alpha value is -2.70. The maximum absolute atomic E-state index is 12.6. The van der Waals surface area contributed by atoms with Crippen molar-refractivity contribution in [2.75, 3.05) is 30.3 Å². The Bertz CT molecular complexity index is 1130. The van der Waals surface area contributed by atoms with Gasteiger partial charge in [-0.25, -0.2) is 4.79 Å². The van der Waals surface area contributed by atoms with E-state index in [9.17, 15) is 9.59 Å². The van der Waals surface area contributed by atoms with Crippen molar-refractivity contribution in [3.63, 3.8) is 0 Å². The van der Waals surface area contributed by atoms with Crippen molar-refractivity contribution in [2.24, 2.45) is 0 Å². The van der Waals surface area contributed by atoms with Gasteiger partial charge >= 0.3 is 6.03 Å². The number of unbranched alkanes of at least 4 members (excludes halogenated alkanes) is 2. The number of carbonyl (C=O) groups excluding carboxylic acids is 2. The Morgan fingerprint density at radius 1 is 1.00 bits per heavy atom. The number of likely N-dealkylation sites (tertiary alicyclic amines) is 1. The van der Waals surface area contributed by atoms with E-state index in [0.29, 0.717) is 23.6 Å². The molecule has 2 heterocycles. The molecule has 0 unspecified atom stereocenters. The van der Waals surface area contributed by atoms with E-state index < -0.39 is 0 Å². The van der Waals surface area contributed by atoms with Gasteiger partial charge in [0.05, 0.1) is 0 Å². The van der Waals surface area contributed by atoms with Crippen LogP contribution in [0, 0.1) is 0 Å². The fraction of sp³-hybridized carbons (Fsp3) is 0.429. The van der Waals surface area contributed by atoms with Crippen LogP contribution in [-0.2, 0) is 0 Å². The van der Waals surface area contributed by atoms with Gasteiger partial charge in [0, 0.05) is 28.1 Å². The third-order valence-corrected chi connectivity index (χ3v) is 7.71. The molecule has 6 heteroatoms. The van der Waals surface area contributed by atoms with Gasteiger partial charge in [-0.1, -0.05) is 38.8 Å². The van der Waals surface area contributed by atoms with Crippen molar-refractivity contribution >= 4 is 44.6 Å². The molecule has 0 spiro atoms. The highest BCUT2D eigenvalue weighted by atomic mass is 32.1. The van der Waals surface area contributed by atoms with Crippen LogP contribution in [0.5, 0.6) is 0 Å². The second-order valence-corrected chi connectivity index (χ2v) is 10.1. The zero-order valence-electron chi connectivity index (χ0n) is 20.2. The van der Waals surface area contributed by atoms with Gasteiger partial charge in [0.15, 0.2) is 5.78 Å². The van der Waals surface area contributed by atoms with Gasteiger partial charge in [0.2, 0.25) is 0 Å². The third kappa shape index (κ3) is 6.05. The number of amides is 2. The molecular formula is C28H35N3O2S. The normalized spacial score (nSPS) is 14.9. The Morgan fingerprint density at radius 2 is 1.76 bits per heavy atom. The lowest BCUT2D eigenvalue weighted by molar-refractivity contribution is 0.0988. The number of hydrogen-bond acceptors (Lipinski definition) is 4. The lowest BCUT2D eigenvalue weighted by atomic mass is 9.89. The molecule has 0 saturated carbocycles. The van der Waals surface area contributed by atoms with E-state index in [1.165, 1.54) is 67.4 Å². The molecule has 1 saturated heterocycles. The number of nitrogens with zero attached hydrogens (tertiary/aromatic N) is 1. The van der Waals surface area contributed by atoms with Crippen LogP contribution >= 0.6 is 11.3 Å². The van der Waals surface area contributed by atoms with Crippen LogP contribution in [0.15, 0.2) is 47.8 Å². The van der Waals surface area contributed by atoms with Crippen LogP contribution in [0.25, 0.3) is 10.1 Å². The molecule has 2 N–H and O–H groups in total. The number of carbonyl (C=O) groups is 2.